The molecule has 0 fully saturated rings. The Morgan fingerprint density at radius 2 is 1.78 bits per heavy atom. The fourth-order valence-corrected chi connectivity index (χ4v) is 3.52. The quantitative estimate of drug-likeness (QED) is 0.322. The third kappa shape index (κ3) is 6.33. The maximum absolute atomic E-state index is 12.6. The maximum atomic E-state index is 12.6. The summed E-state index contributed by atoms with van der Waals surface area (Å²) in [5.74, 6) is -1.86. The van der Waals surface area contributed by atoms with E-state index in [2.05, 4.69) is 5.32 Å². The molecule has 0 unspecified atom stereocenters. The number of hydrogen-bond acceptors (Lipinski definition) is 8. The minimum absolute atomic E-state index is 0.0533. The van der Waals surface area contributed by atoms with E-state index in [0.29, 0.717) is 5.69 Å². The molecule has 0 atom stereocenters. The van der Waals surface area contributed by atoms with Crippen LogP contribution in [-0.4, -0.2) is 39.2 Å². The number of esters is 1. The molecule has 10 nitrogen and oxygen atoms in total. The Bertz CT molecular complexity index is 1130. The molecule has 1 amide bonds. The van der Waals surface area contributed by atoms with Crippen molar-refractivity contribution < 1.29 is 19.1 Å². The highest BCUT2D eigenvalue weighted by Crippen LogP contribution is 2.20. The van der Waals surface area contributed by atoms with Crippen molar-refractivity contribution in [1.29, 1.82) is 0 Å². The summed E-state index contributed by atoms with van der Waals surface area (Å²) in [4.78, 5) is 61.1. The lowest BCUT2D eigenvalue weighted by Gasteiger charge is -2.16. The van der Waals surface area contributed by atoms with Gasteiger partial charge in [0.1, 0.15) is 11.4 Å². The second-order valence-corrected chi connectivity index (χ2v) is 8.54. The van der Waals surface area contributed by atoms with E-state index >= 15 is 0 Å². The van der Waals surface area contributed by atoms with Gasteiger partial charge in [0, 0.05) is 31.1 Å². The molecule has 0 aliphatic carbocycles. The number of benzene rings is 1. The van der Waals surface area contributed by atoms with E-state index in [1.54, 1.807) is 24.3 Å². The Balaban J connectivity index is 2.02. The van der Waals surface area contributed by atoms with E-state index < -0.39 is 29.6 Å². The number of nitrogen functional groups attached to an aromatic ring is 1. The summed E-state index contributed by atoms with van der Waals surface area (Å²) >= 11 is 1.19. The summed E-state index contributed by atoms with van der Waals surface area (Å²) < 4.78 is 6.98. The number of nitrogens with two attached hydrogens (primary N) is 1. The minimum atomic E-state index is -0.831. The zero-order valence-corrected chi connectivity index (χ0v) is 19.2. The molecule has 0 bridgehead atoms. The first-order chi connectivity index (χ1) is 15.0. The number of amides is 1. The fourth-order valence-electron chi connectivity index (χ4n) is 2.83. The van der Waals surface area contributed by atoms with E-state index in [4.69, 9.17) is 10.5 Å². The average Bonchev–Trinajstić information content (AvgIpc) is 2.73. The number of thioether (sulfide) groups is 1. The van der Waals surface area contributed by atoms with Crippen LogP contribution in [0.25, 0.3) is 0 Å². The lowest BCUT2D eigenvalue weighted by Crippen LogP contribution is -2.43. The number of carbonyl (C=O) groups is 3. The van der Waals surface area contributed by atoms with E-state index in [1.165, 1.54) is 30.3 Å². The van der Waals surface area contributed by atoms with Crippen molar-refractivity contribution in [3.8, 4) is 0 Å². The Hall–Kier alpha value is -3.34. The van der Waals surface area contributed by atoms with Gasteiger partial charge in [-0.25, -0.2) is 4.79 Å². The molecule has 1 heterocycles. The highest BCUT2D eigenvalue weighted by atomic mass is 32.2. The summed E-state index contributed by atoms with van der Waals surface area (Å²) in [6.07, 6.45) is 0. The molecule has 0 radical (unpaired) electrons. The highest BCUT2D eigenvalue weighted by molar-refractivity contribution is 8.00. The monoisotopic (exact) mass is 462 g/mol. The van der Waals surface area contributed by atoms with Gasteiger partial charge in [-0.2, -0.15) is 0 Å². The molecular formula is C21H26N4O6S. The second kappa shape index (κ2) is 10.8. The van der Waals surface area contributed by atoms with Crippen LogP contribution >= 0.6 is 11.8 Å². The van der Waals surface area contributed by atoms with E-state index in [1.807, 2.05) is 13.8 Å². The molecule has 172 valence electrons. The predicted octanol–water partition coefficient (Wildman–Crippen LogP) is 1.26. The molecular weight excluding hydrogens is 436 g/mol. The number of anilines is 2. The summed E-state index contributed by atoms with van der Waals surface area (Å²) in [5, 5.41) is 2.64. The normalized spacial score (nSPS) is 10.8. The molecule has 0 aliphatic rings. The van der Waals surface area contributed by atoms with Gasteiger partial charge in [-0.05, 0) is 30.2 Å². The summed E-state index contributed by atoms with van der Waals surface area (Å²) in [5.41, 5.74) is 4.76. The molecule has 0 spiro atoms. The van der Waals surface area contributed by atoms with Crippen LogP contribution in [0, 0.1) is 5.92 Å². The summed E-state index contributed by atoms with van der Waals surface area (Å²) in [6.45, 7) is 4.70. The predicted molar refractivity (Wildman–Crippen MR) is 122 cm³/mol. The van der Waals surface area contributed by atoms with E-state index in [9.17, 15) is 24.0 Å². The number of ether oxygens (including phenoxy) is 1. The van der Waals surface area contributed by atoms with E-state index in [-0.39, 0.29) is 35.5 Å². The van der Waals surface area contributed by atoms with Gasteiger partial charge in [0.15, 0.2) is 6.61 Å². The van der Waals surface area contributed by atoms with Crippen LogP contribution in [-0.2, 0) is 27.9 Å². The van der Waals surface area contributed by atoms with Gasteiger partial charge in [-0.3, -0.25) is 28.3 Å². The van der Waals surface area contributed by atoms with Crippen molar-refractivity contribution in [1.82, 2.24) is 9.13 Å². The van der Waals surface area contributed by atoms with Crippen LogP contribution in [0.2, 0.25) is 0 Å². The lowest BCUT2D eigenvalue weighted by molar-refractivity contribution is -0.139. The van der Waals surface area contributed by atoms with Crippen LogP contribution in [0.5, 0.6) is 0 Å². The van der Waals surface area contributed by atoms with Crippen molar-refractivity contribution >= 4 is 40.9 Å². The topological polar surface area (TPSA) is 142 Å². The van der Waals surface area contributed by atoms with E-state index in [0.717, 1.165) is 9.46 Å². The van der Waals surface area contributed by atoms with Gasteiger partial charge in [0.05, 0.1) is 5.75 Å². The Morgan fingerprint density at radius 1 is 1.16 bits per heavy atom. The molecule has 1 aromatic heterocycles. The molecule has 3 N–H and O–H groups in total. The maximum Gasteiger partial charge on any atom is 0.332 e. The highest BCUT2D eigenvalue weighted by Gasteiger charge is 2.23. The van der Waals surface area contributed by atoms with Crippen LogP contribution in [0.1, 0.15) is 31.1 Å². The minimum Gasteiger partial charge on any atom is -0.457 e. The van der Waals surface area contributed by atoms with Crippen molar-refractivity contribution in [3.63, 3.8) is 0 Å². The Morgan fingerprint density at radius 3 is 2.34 bits per heavy atom. The number of Topliss-reactive ketones (excluding diaryl/α,β-unsaturated/α-hetero) is 1. The van der Waals surface area contributed by atoms with Crippen molar-refractivity contribution in [2.75, 3.05) is 23.4 Å². The number of nitrogens with one attached hydrogen (secondary N) is 1. The van der Waals surface area contributed by atoms with Gasteiger partial charge >= 0.3 is 11.7 Å². The average molecular weight is 463 g/mol. The zero-order valence-electron chi connectivity index (χ0n) is 18.3. The molecule has 2 rings (SSSR count). The van der Waals surface area contributed by atoms with Crippen molar-refractivity contribution in [2.45, 2.75) is 32.2 Å². The molecule has 0 aliphatic heterocycles. The number of nitrogens with zero attached hydrogens (tertiary/aromatic N) is 2. The van der Waals surface area contributed by atoms with Gasteiger partial charge in [-0.1, -0.05) is 13.8 Å². The van der Waals surface area contributed by atoms with Crippen LogP contribution in [0.3, 0.4) is 0 Å². The van der Waals surface area contributed by atoms with Crippen molar-refractivity contribution in [3.05, 3.63) is 50.7 Å². The van der Waals surface area contributed by atoms with Crippen LogP contribution < -0.4 is 22.3 Å². The van der Waals surface area contributed by atoms with Gasteiger partial charge in [-0.15, -0.1) is 11.8 Å². The van der Waals surface area contributed by atoms with Gasteiger partial charge in [0.2, 0.25) is 11.7 Å². The zero-order chi connectivity index (χ0) is 24.0. The Labute approximate surface area is 188 Å². The SMILES string of the molecule is CC(=O)Nc1ccc(SCC(=O)OCC(=O)c2c(N)n(CC(C)C)c(=O)n(C)c2=O)cc1. The first kappa shape index (κ1) is 24.9. The molecule has 0 saturated heterocycles. The van der Waals surface area contributed by atoms with Gasteiger partial charge in [0.25, 0.3) is 5.56 Å². The third-order valence-electron chi connectivity index (χ3n) is 4.31. The first-order valence-electron chi connectivity index (χ1n) is 9.79. The molecule has 32 heavy (non-hydrogen) atoms. The molecule has 1 aromatic carbocycles. The number of hydrogen-bond donors (Lipinski definition) is 2. The number of carbonyl (C=O) groups excluding carboxylic acids is 3. The van der Waals surface area contributed by atoms with Crippen LogP contribution in [0.4, 0.5) is 11.5 Å². The van der Waals surface area contributed by atoms with Crippen molar-refractivity contribution in [2.24, 2.45) is 13.0 Å². The molecule has 2 aromatic rings. The molecule has 0 saturated carbocycles. The number of ketones is 1. The first-order valence-corrected chi connectivity index (χ1v) is 10.8. The number of rotatable bonds is 9. The largest absolute Gasteiger partial charge is 0.457 e. The van der Waals surface area contributed by atoms with Gasteiger partial charge < -0.3 is 15.8 Å². The van der Waals surface area contributed by atoms with Crippen LogP contribution in [0.15, 0.2) is 38.8 Å². The smallest absolute Gasteiger partial charge is 0.332 e. The standard InChI is InChI=1S/C21H26N4O6S/c1-12(2)9-25-19(22)18(20(29)24(4)21(25)30)16(27)10-31-17(28)11-32-15-7-5-14(6-8-15)23-13(3)26/h5-8,12H,9-11,22H2,1-4H3,(H,23,26). The summed E-state index contributed by atoms with van der Waals surface area (Å²) in [6, 6.07) is 6.86. The fraction of sp³-hybridized carbons (Fsp3) is 0.381. The lowest BCUT2D eigenvalue weighted by atomic mass is 10.1. The third-order valence-corrected chi connectivity index (χ3v) is 5.29. The number of aromatic nitrogens is 2. The summed E-state index contributed by atoms with van der Waals surface area (Å²) in [7, 11) is 1.26. The molecule has 11 heteroatoms. The second-order valence-electron chi connectivity index (χ2n) is 7.49. The Kier molecular flexibility index (Phi) is 8.41.